The Morgan fingerprint density at radius 3 is 2.65 bits per heavy atom. The van der Waals surface area contributed by atoms with Crippen molar-refractivity contribution in [1.82, 2.24) is 5.32 Å². The predicted molar refractivity (Wildman–Crippen MR) is 101 cm³/mol. The maximum absolute atomic E-state index is 12.3. The summed E-state index contributed by atoms with van der Waals surface area (Å²) < 4.78 is 10.9. The van der Waals surface area contributed by atoms with Crippen molar-refractivity contribution in [3.05, 3.63) is 48.2 Å². The Balaban J connectivity index is 1.74. The Labute approximate surface area is 152 Å². The monoisotopic (exact) mass is 353 g/mol. The first-order chi connectivity index (χ1) is 12.5. The number of hydrogen-bond donors (Lipinski definition) is 1. The number of rotatable bonds is 6. The van der Waals surface area contributed by atoms with Crippen LogP contribution in [-0.2, 0) is 20.7 Å². The molecule has 1 heterocycles. The number of carbonyl (C=O) groups excluding carboxylic acids is 2. The molecule has 0 aliphatic rings. The highest BCUT2D eigenvalue weighted by Crippen LogP contribution is 2.30. The van der Waals surface area contributed by atoms with Gasteiger partial charge < -0.3 is 14.5 Å². The number of carbonyl (C=O) groups is 2. The predicted octanol–water partition coefficient (Wildman–Crippen LogP) is 3.83. The van der Waals surface area contributed by atoms with Gasteiger partial charge in [-0.1, -0.05) is 44.2 Å². The smallest absolute Gasteiger partial charge is 0.311 e. The number of hydrogen-bond acceptors (Lipinski definition) is 4. The molecule has 1 aromatic heterocycles. The Morgan fingerprint density at radius 2 is 1.88 bits per heavy atom. The molecule has 0 aliphatic carbocycles. The molecule has 0 aliphatic heterocycles. The number of amides is 1. The summed E-state index contributed by atoms with van der Waals surface area (Å²) in [5.74, 6) is -0.394. The Morgan fingerprint density at radius 1 is 1.12 bits per heavy atom. The average Bonchev–Trinajstić information content (AvgIpc) is 3.02. The van der Waals surface area contributed by atoms with Crippen molar-refractivity contribution in [3.63, 3.8) is 0 Å². The third-order valence-electron chi connectivity index (χ3n) is 4.24. The van der Waals surface area contributed by atoms with E-state index in [0.717, 1.165) is 27.3 Å². The molecule has 0 unspecified atom stereocenters. The molecule has 0 saturated carbocycles. The molecule has 1 atom stereocenters. The molecule has 1 N–H and O–H groups in total. The quantitative estimate of drug-likeness (QED) is 0.684. The molecule has 3 rings (SSSR count). The highest BCUT2D eigenvalue weighted by Gasteiger charge is 2.20. The minimum absolute atomic E-state index is 0.0583. The summed E-state index contributed by atoms with van der Waals surface area (Å²) in [7, 11) is 0. The molecule has 0 spiro atoms. The Hall–Kier alpha value is -2.82. The molecule has 0 radical (unpaired) electrons. The molecule has 0 saturated heterocycles. The molecule has 0 bridgehead atoms. The fourth-order valence-electron chi connectivity index (χ4n) is 2.90. The van der Waals surface area contributed by atoms with E-state index in [0.29, 0.717) is 12.5 Å². The maximum atomic E-state index is 12.3. The lowest BCUT2D eigenvalue weighted by atomic mass is 10.0. The fourth-order valence-corrected chi connectivity index (χ4v) is 2.90. The topological polar surface area (TPSA) is 68.5 Å². The maximum Gasteiger partial charge on any atom is 0.311 e. The van der Waals surface area contributed by atoms with E-state index in [2.05, 4.69) is 5.32 Å². The minimum Gasteiger partial charge on any atom is -0.464 e. The second-order valence-electron chi connectivity index (χ2n) is 6.87. The van der Waals surface area contributed by atoms with Gasteiger partial charge in [0.25, 0.3) is 5.91 Å². The molecular weight excluding hydrogens is 330 g/mol. The van der Waals surface area contributed by atoms with Crippen LogP contribution < -0.4 is 5.32 Å². The van der Waals surface area contributed by atoms with E-state index in [-0.39, 0.29) is 12.3 Å². The van der Waals surface area contributed by atoms with Crippen LogP contribution in [0.5, 0.6) is 0 Å². The zero-order chi connectivity index (χ0) is 18.7. The number of ether oxygens (including phenoxy) is 1. The van der Waals surface area contributed by atoms with Gasteiger partial charge >= 0.3 is 5.97 Å². The van der Waals surface area contributed by atoms with Gasteiger partial charge in [-0.15, -0.1) is 0 Å². The molecule has 0 fully saturated rings. The van der Waals surface area contributed by atoms with E-state index >= 15 is 0 Å². The van der Waals surface area contributed by atoms with E-state index in [1.165, 1.54) is 0 Å². The second-order valence-corrected chi connectivity index (χ2v) is 6.87. The van der Waals surface area contributed by atoms with Crippen molar-refractivity contribution in [2.45, 2.75) is 33.3 Å². The van der Waals surface area contributed by atoms with Gasteiger partial charge in [-0.25, -0.2) is 0 Å². The van der Waals surface area contributed by atoms with Crippen LogP contribution in [0.25, 0.3) is 21.7 Å². The van der Waals surface area contributed by atoms with Crippen molar-refractivity contribution >= 4 is 33.6 Å². The molecule has 136 valence electrons. The van der Waals surface area contributed by atoms with Crippen LogP contribution >= 0.6 is 0 Å². The summed E-state index contributed by atoms with van der Waals surface area (Å²) in [6.07, 6.45) is 0.821. The summed E-state index contributed by atoms with van der Waals surface area (Å²) in [4.78, 5) is 24.3. The van der Waals surface area contributed by atoms with Gasteiger partial charge in [-0.05, 0) is 29.7 Å². The van der Waals surface area contributed by atoms with Gasteiger partial charge in [-0.2, -0.15) is 0 Å². The van der Waals surface area contributed by atoms with Crippen molar-refractivity contribution < 1.29 is 18.7 Å². The van der Waals surface area contributed by atoms with Gasteiger partial charge in [0, 0.05) is 17.5 Å². The van der Waals surface area contributed by atoms with Gasteiger partial charge in [0.05, 0.1) is 12.7 Å². The van der Waals surface area contributed by atoms with E-state index in [9.17, 15) is 9.59 Å². The fraction of sp³-hybridized carbons (Fsp3) is 0.333. The van der Waals surface area contributed by atoms with Gasteiger partial charge in [-0.3, -0.25) is 9.59 Å². The summed E-state index contributed by atoms with van der Waals surface area (Å²) in [6.45, 7) is 6.14. The molecule has 2 aromatic carbocycles. The first-order valence-corrected chi connectivity index (χ1v) is 8.80. The van der Waals surface area contributed by atoms with Crippen molar-refractivity contribution in [2.75, 3.05) is 6.54 Å². The summed E-state index contributed by atoms with van der Waals surface area (Å²) in [5, 5.41) is 5.79. The first kappa shape index (κ1) is 18.0. The highest BCUT2D eigenvalue weighted by atomic mass is 16.5. The van der Waals surface area contributed by atoms with Crippen molar-refractivity contribution in [1.29, 1.82) is 0 Å². The van der Waals surface area contributed by atoms with Crippen LogP contribution in [0.1, 0.15) is 26.3 Å². The normalized spacial score (nSPS) is 12.5. The molecule has 5 heteroatoms. The molecule has 26 heavy (non-hydrogen) atoms. The van der Waals surface area contributed by atoms with Gasteiger partial charge in [0.1, 0.15) is 5.58 Å². The number of benzene rings is 2. The highest BCUT2D eigenvalue weighted by molar-refractivity contribution is 6.08. The van der Waals surface area contributed by atoms with Crippen molar-refractivity contribution in [2.24, 2.45) is 5.92 Å². The minimum atomic E-state index is -0.823. The largest absolute Gasteiger partial charge is 0.464 e. The number of furan rings is 1. The van der Waals surface area contributed by atoms with Crippen LogP contribution in [0, 0.1) is 5.92 Å². The standard InChI is InChI=1S/C21H23NO4/c1-13(2)11-22-21(24)14(3)26-19(23)10-16-12-25-18-9-8-15-6-4-5-7-17(15)20(16)18/h4-9,12-14H,10-11H2,1-3H3,(H,22,24)/t14-/m1/s1. The third kappa shape index (κ3) is 3.87. The van der Waals surface area contributed by atoms with Crippen LogP contribution in [0.4, 0.5) is 0 Å². The molecular formula is C21H23NO4. The lowest BCUT2D eigenvalue weighted by Gasteiger charge is -2.14. The number of esters is 1. The van der Waals surface area contributed by atoms with E-state index in [4.69, 9.17) is 9.15 Å². The van der Waals surface area contributed by atoms with Gasteiger partial charge in [0.15, 0.2) is 6.10 Å². The molecule has 5 nitrogen and oxygen atoms in total. The van der Waals surface area contributed by atoms with Crippen LogP contribution in [-0.4, -0.2) is 24.5 Å². The summed E-state index contributed by atoms with van der Waals surface area (Å²) >= 11 is 0. The van der Waals surface area contributed by atoms with Crippen LogP contribution in [0.15, 0.2) is 47.1 Å². The van der Waals surface area contributed by atoms with Crippen LogP contribution in [0.3, 0.4) is 0 Å². The molecule has 1 amide bonds. The zero-order valence-electron chi connectivity index (χ0n) is 15.2. The Kier molecular flexibility index (Phi) is 5.26. The molecule has 3 aromatic rings. The average molecular weight is 353 g/mol. The lowest BCUT2D eigenvalue weighted by Crippen LogP contribution is -2.37. The second kappa shape index (κ2) is 7.60. The van der Waals surface area contributed by atoms with E-state index in [1.54, 1.807) is 13.2 Å². The third-order valence-corrected chi connectivity index (χ3v) is 4.24. The summed E-state index contributed by atoms with van der Waals surface area (Å²) in [5.41, 5.74) is 1.49. The van der Waals surface area contributed by atoms with E-state index in [1.807, 2.05) is 50.2 Å². The lowest BCUT2D eigenvalue weighted by molar-refractivity contribution is -0.154. The van der Waals surface area contributed by atoms with Crippen molar-refractivity contribution in [3.8, 4) is 0 Å². The first-order valence-electron chi connectivity index (χ1n) is 8.80. The van der Waals surface area contributed by atoms with E-state index < -0.39 is 12.1 Å². The zero-order valence-corrected chi connectivity index (χ0v) is 15.2. The SMILES string of the molecule is CC(C)CNC(=O)[C@@H](C)OC(=O)Cc1coc2ccc3ccccc3c12. The number of nitrogens with one attached hydrogen (secondary N) is 1. The number of fused-ring (bicyclic) bond motifs is 3. The summed E-state index contributed by atoms with van der Waals surface area (Å²) in [6, 6.07) is 11.8. The van der Waals surface area contributed by atoms with Crippen LogP contribution in [0.2, 0.25) is 0 Å². The Bertz CT molecular complexity index is 941. The van der Waals surface area contributed by atoms with Gasteiger partial charge in [0.2, 0.25) is 0 Å².